The Morgan fingerprint density at radius 3 is 2.95 bits per heavy atom. The van der Waals surface area contributed by atoms with Crippen molar-refractivity contribution < 1.29 is 9.53 Å². The number of aryl methyl sites for hydroxylation is 1. The second-order valence-corrected chi connectivity index (χ2v) is 5.26. The number of thiazole rings is 1. The van der Waals surface area contributed by atoms with Gasteiger partial charge in [-0.2, -0.15) is 0 Å². The minimum absolute atomic E-state index is 0.332. The van der Waals surface area contributed by atoms with Gasteiger partial charge in [-0.25, -0.2) is 9.78 Å². The van der Waals surface area contributed by atoms with E-state index in [1.54, 1.807) is 36.5 Å². The van der Waals surface area contributed by atoms with Gasteiger partial charge in [0.2, 0.25) is 0 Å². The second kappa shape index (κ2) is 6.38. The monoisotopic (exact) mass is 291 g/mol. The number of benzene rings is 1. The quantitative estimate of drug-likeness (QED) is 0.654. The van der Waals surface area contributed by atoms with Gasteiger partial charge in [0.05, 0.1) is 40.8 Å². The maximum absolute atomic E-state index is 11.9. The van der Waals surface area contributed by atoms with Gasteiger partial charge < -0.3 is 15.8 Å². The molecule has 0 saturated heterocycles. The third kappa shape index (κ3) is 3.27. The molecule has 0 fully saturated rings. The van der Waals surface area contributed by atoms with E-state index >= 15 is 0 Å². The van der Waals surface area contributed by atoms with Crippen LogP contribution in [0.5, 0.6) is 0 Å². The standard InChI is InChI=1S/C14H17N3O2S/c1-3-19-14(18)11-5-4-6-12(15)13(11)16-7-10-8-20-9(2)17-10/h4-6,8,16H,3,7,15H2,1-2H3. The Morgan fingerprint density at radius 1 is 1.50 bits per heavy atom. The summed E-state index contributed by atoms with van der Waals surface area (Å²) in [4.78, 5) is 16.3. The molecule has 2 rings (SSSR count). The first-order valence-electron chi connectivity index (χ1n) is 6.32. The third-order valence-electron chi connectivity index (χ3n) is 2.70. The summed E-state index contributed by atoms with van der Waals surface area (Å²) in [5.41, 5.74) is 8.41. The molecule has 3 N–H and O–H groups in total. The predicted octanol–water partition coefficient (Wildman–Crippen LogP) is 2.82. The molecule has 2 aromatic rings. The van der Waals surface area contributed by atoms with Gasteiger partial charge in [-0.15, -0.1) is 11.3 Å². The Labute approximate surface area is 121 Å². The van der Waals surface area contributed by atoms with Crippen molar-refractivity contribution in [3.8, 4) is 0 Å². The molecule has 0 aliphatic carbocycles. The molecule has 6 heteroatoms. The fourth-order valence-electron chi connectivity index (χ4n) is 1.81. The smallest absolute Gasteiger partial charge is 0.340 e. The van der Waals surface area contributed by atoms with Gasteiger partial charge in [-0.1, -0.05) is 6.07 Å². The highest BCUT2D eigenvalue weighted by atomic mass is 32.1. The van der Waals surface area contributed by atoms with Crippen LogP contribution in [-0.2, 0) is 11.3 Å². The summed E-state index contributed by atoms with van der Waals surface area (Å²) < 4.78 is 5.03. The SMILES string of the molecule is CCOC(=O)c1cccc(N)c1NCc1csc(C)n1. The number of nitrogens with two attached hydrogens (primary N) is 1. The third-order valence-corrected chi connectivity index (χ3v) is 3.53. The van der Waals surface area contributed by atoms with Gasteiger partial charge in [0.1, 0.15) is 0 Å². The normalized spacial score (nSPS) is 10.3. The van der Waals surface area contributed by atoms with E-state index in [4.69, 9.17) is 10.5 Å². The number of hydrogen-bond acceptors (Lipinski definition) is 6. The highest BCUT2D eigenvalue weighted by Gasteiger charge is 2.14. The number of aromatic nitrogens is 1. The van der Waals surface area contributed by atoms with Crippen molar-refractivity contribution in [1.82, 2.24) is 4.98 Å². The predicted molar refractivity (Wildman–Crippen MR) is 81.0 cm³/mol. The van der Waals surface area contributed by atoms with E-state index in [0.717, 1.165) is 10.7 Å². The van der Waals surface area contributed by atoms with Gasteiger partial charge in [0, 0.05) is 5.38 Å². The van der Waals surface area contributed by atoms with E-state index in [0.29, 0.717) is 30.1 Å². The van der Waals surface area contributed by atoms with Crippen LogP contribution in [0.2, 0.25) is 0 Å². The molecule has 106 valence electrons. The van der Waals surface area contributed by atoms with Crippen LogP contribution in [0.1, 0.15) is 28.0 Å². The van der Waals surface area contributed by atoms with E-state index in [-0.39, 0.29) is 5.97 Å². The molecule has 0 radical (unpaired) electrons. The van der Waals surface area contributed by atoms with Crippen molar-refractivity contribution in [1.29, 1.82) is 0 Å². The number of nitrogen functional groups attached to an aromatic ring is 1. The van der Waals surface area contributed by atoms with Crippen molar-refractivity contribution in [3.63, 3.8) is 0 Å². The van der Waals surface area contributed by atoms with Crippen LogP contribution in [0.3, 0.4) is 0 Å². The van der Waals surface area contributed by atoms with E-state index < -0.39 is 0 Å². The van der Waals surface area contributed by atoms with Crippen LogP contribution in [0.25, 0.3) is 0 Å². The van der Waals surface area contributed by atoms with Gasteiger partial charge >= 0.3 is 5.97 Å². The number of rotatable bonds is 5. The van der Waals surface area contributed by atoms with E-state index in [1.165, 1.54) is 0 Å². The zero-order valence-corrected chi connectivity index (χ0v) is 12.3. The van der Waals surface area contributed by atoms with Crippen LogP contribution >= 0.6 is 11.3 Å². The highest BCUT2D eigenvalue weighted by molar-refractivity contribution is 7.09. The van der Waals surface area contributed by atoms with Crippen LogP contribution in [0, 0.1) is 6.92 Å². The Kier molecular flexibility index (Phi) is 4.57. The minimum Gasteiger partial charge on any atom is -0.462 e. The van der Waals surface area contributed by atoms with Crippen LogP contribution < -0.4 is 11.1 Å². The Hall–Kier alpha value is -2.08. The molecule has 1 heterocycles. The molecule has 0 bridgehead atoms. The van der Waals surface area contributed by atoms with Gasteiger partial charge in [0.25, 0.3) is 0 Å². The lowest BCUT2D eigenvalue weighted by molar-refractivity contribution is 0.0527. The van der Waals surface area contributed by atoms with Crippen molar-refractivity contribution in [2.24, 2.45) is 0 Å². The summed E-state index contributed by atoms with van der Waals surface area (Å²) in [6, 6.07) is 5.18. The maximum atomic E-state index is 11.9. The van der Waals surface area contributed by atoms with Gasteiger partial charge in [0.15, 0.2) is 0 Å². The first kappa shape index (κ1) is 14.3. The lowest BCUT2D eigenvalue weighted by Gasteiger charge is -2.13. The van der Waals surface area contributed by atoms with Gasteiger partial charge in [-0.3, -0.25) is 0 Å². The van der Waals surface area contributed by atoms with Crippen LogP contribution in [0.4, 0.5) is 11.4 Å². The van der Waals surface area contributed by atoms with E-state index in [2.05, 4.69) is 10.3 Å². The number of nitrogens with one attached hydrogen (secondary N) is 1. The van der Waals surface area contributed by atoms with Crippen LogP contribution in [-0.4, -0.2) is 17.6 Å². The zero-order valence-electron chi connectivity index (χ0n) is 11.5. The van der Waals surface area contributed by atoms with Crippen molar-refractivity contribution in [3.05, 3.63) is 39.8 Å². The lowest BCUT2D eigenvalue weighted by atomic mass is 10.1. The molecule has 5 nitrogen and oxygen atoms in total. The molecule has 0 unspecified atom stereocenters. The number of para-hydroxylation sites is 1. The number of carbonyl (C=O) groups is 1. The Bertz CT molecular complexity index is 610. The topological polar surface area (TPSA) is 77.2 Å². The number of anilines is 2. The molecule has 0 spiro atoms. The van der Waals surface area contributed by atoms with Gasteiger partial charge in [-0.05, 0) is 26.0 Å². The molecule has 0 aliphatic heterocycles. The fraction of sp³-hybridized carbons (Fsp3) is 0.286. The average Bonchev–Trinajstić information content (AvgIpc) is 2.83. The molecular formula is C14H17N3O2S. The fourth-order valence-corrected chi connectivity index (χ4v) is 2.43. The lowest BCUT2D eigenvalue weighted by Crippen LogP contribution is -2.11. The first-order chi connectivity index (χ1) is 9.61. The molecule has 0 atom stereocenters. The summed E-state index contributed by atoms with van der Waals surface area (Å²) in [6.07, 6.45) is 0. The molecule has 0 saturated carbocycles. The number of nitrogens with zero attached hydrogens (tertiary/aromatic N) is 1. The summed E-state index contributed by atoms with van der Waals surface area (Å²) >= 11 is 1.59. The minimum atomic E-state index is -0.378. The average molecular weight is 291 g/mol. The summed E-state index contributed by atoms with van der Waals surface area (Å²) in [5.74, 6) is -0.378. The molecule has 1 aromatic heterocycles. The molecule has 20 heavy (non-hydrogen) atoms. The molecular weight excluding hydrogens is 274 g/mol. The van der Waals surface area contributed by atoms with E-state index in [1.807, 2.05) is 12.3 Å². The molecule has 0 amide bonds. The maximum Gasteiger partial charge on any atom is 0.340 e. The van der Waals surface area contributed by atoms with E-state index in [9.17, 15) is 4.79 Å². The van der Waals surface area contributed by atoms with Crippen molar-refractivity contribution in [2.45, 2.75) is 20.4 Å². The number of ether oxygens (including phenoxy) is 1. The molecule has 1 aromatic carbocycles. The number of carbonyl (C=O) groups excluding carboxylic acids is 1. The second-order valence-electron chi connectivity index (χ2n) is 4.20. The number of esters is 1. The summed E-state index contributed by atoms with van der Waals surface area (Å²) in [6.45, 7) is 4.58. The van der Waals surface area contributed by atoms with Crippen LogP contribution in [0.15, 0.2) is 23.6 Å². The Balaban J connectivity index is 2.19. The Morgan fingerprint density at radius 2 is 2.30 bits per heavy atom. The zero-order chi connectivity index (χ0) is 14.5. The number of hydrogen-bond donors (Lipinski definition) is 2. The van der Waals surface area contributed by atoms with Crippen molar-refractivity contribution >= 4 is 28.7 Å². The highest BCUT2D eigenvalue weighted by Crippen LogP contribution is 2.25. The molecule has 0 aliphatic rings. The largest absolute Gasteiger partial charge is 0.462 e. The van der Waals surface area contributed by atoms with Crippen molar-refractivity contribution in [2.75, 3.05) is 17.7 Å². The summed E-state index contributed by atoms with van der Waals surface area (Å²) in [7, 11) is 0. The first-order valence-corrected chi connectivity index (χ1v) is 7.20. The summed E-state index contributed by atoms with van der Waals surface area (Å²) in [5, 5.41) is 6.15.